The van der Waals surface area contributed by atoms with Crippen molar-refractivity contribution in [3.8, 4) is 33.4 Å². The fourth-order valence-electron chi connectivity index (χ4n) is 7.90. The van der Waals surface area contributed by atoms with Crippen LogP contribution < -0.4 is 4.90 Å². The van der Waals surface area contributed by atoms with E-state index in [4.69, 9.17) is 0 Å². The number of para-hydroxylation sites is 1. The van der Waals surface area contributed by atoms with Crippen LogP contribution in [0.5, 0.6) is 0 Å². The first-order valence-corrected chi connectivity index (χ1v) is 16.8. The molecule has 0 aromatic heterocycles. The molecule has 0 N–H and O–H groups in total. The molecule has 48 heavy (non-hydrogen) atoms. The molecule has 1 nitrogen and oxygen atoms in total. The van der Waals surface area contributed by atoms with E-state index in [0.717, 1.165) is 17.1 Å². The maximum atomic E-state index is 2.40. The standard InChI is InChI=1S/C47H35N/c1-47(2)44-23-12-11-22-42(44)45-43(31-36-16-9-10-21-41(36)46(45)47)37-25-24-35-30-40(27-26-34(35)28-37)48(38-18-7-4-8-19-38)39-20-13-17-33(29-39)32-14-5-3-6-15-32/h3-31H,1-2H3. The van der Waals surface area contributed by atoms with Crippen molar-refractivity contribution in [3.63, 3.8) is 0 Å². The van der Waals surface area contributed by atoms with Crippen LogP contribution >= 0.6 is 0 Å². The van der Waals surface area contributed by atoms with E-state index in [1.54, 1.807) is 0 Å². The van der Waals surface area contributed by atoms with Crippen LogP contribution in [0, 0.1) is 0 Å². The topological polar surface area (TPSA) is 3.24 Å². The number of nitrogens with zero attached hydrogens (tertiary/aromatic N) is 1. The van der Waals surface area contributed by atoms with Gasteiger partial charge in [-0.15, -0.1) is 0 Å². The number of hydrogen-bond donors (Lipinski definition) is 0. The lowest BCUT2D eigenvalue weighted by Gasteiger charge is -2.26. The van der Waals surface area contributed by atoms with Crippen LogP contribution in [-0.4, -0.2) is 0 Å². The van der Waals surface area contributed by atoms with Gasteiger partial charge in [0.1, 0.15) is 0 Å². The Kier molecular flexibility index (Phi) is 6.55. The van der Waals surface area contributed by atoms with Gasteiger partial charge in [0.15, 0.2) is 0 Å². The van der Waals surface area contributed by atoms with Crippen molar-refractivity contribution < 1.29 is 0 Å². The van der Waals surface area contributed by atoms with Crippen molar-refractivity contribution in [1.29, 1.82) is 0 Å². The van der Waals surface area contributed by atoms with Crippen LogP contribution in [0.2, 0.25) is 0 Å². The van der Waals surface area contributed by atoms with Gasteiger partial charge in [-0.05, 0) is 115 Å². The van der Waals surface area contributed by atoms with Gasteiger partial charge >= 0.3 is 0 Å². The number of hydrogen-bond acceptors (Lipinski definition) is 1. The van der Waals surface area contributed by atoms with E-state index >= 15 is 0 Å². The number of rotatable bonds is 5. The van der Waals surface area contributed by atoms with Crippen LogP contribution in [0.3, 0.4) is 0 Å². The second-order valence-electron chi connectivity index (χ2n) is 13.4. The molecule has 0 saturated heterocycles. The molecule has 8 aromatic rings. The second-order valence-corrected chi connectivity index (χ2v) is 13.4. The van der Waals surface area contributed by atoms with Crippen LogP contribution in [0.1, 0.15) is 25.0 Å². The minimum absolute atomic E-state index is 0.0774. The van der Waals surface area contributed by atoms with Gasteiger partial charge in [-0.3, -0.25) is 0 Å². The zero-order valence-electron chi connectivity index (χ0n) is 27.2. The summed E-state index contributed by atoms with van der Waals surface area (Å²) in [6.07, 6.45) is 0. The van der Waals surface area contributed by atoms with Crippen molar-refractivity contribution in [3.05, 3.63) is 187 Å². The predicted octanol–water partition coefficient (Wildman–Crippen LogP) is 13.1. The molecule has 0 atom stereocenters. The predicted molar refractivity (Wildman–Crippen MR) is 205 cm³/mol. The molecule has 0 spiro atoms. The molecule has 1 aliphatic carbocycles. The molecule has 0 radical (unpaired) electrons. The van der Waals surface area contributed by atoms with Crippen molar-refractivity contribution in [1.82, 2.24) is 0 Å². The maximum Gasteiger partial charge on any atom is 0.0468 e. The van der Waals surface area contributed by atoms with E-state index in [1.807, 2.05) is 0 Å². The van der Waals surface area contributed by atoms with Gasteiger partial charge < -0.3 is 4.90 Å². The Morgan fingerprint density at radius 2 is 1.04 bits per heavy atom. The summed E-state index contributed by atoms with van der Waals surface area (Å²) in [6.45, 7) is 4.76. The van der Waals surface area contributed by atoms with Crippen LogP contribution in [0.15, 0.2) is 176 Å². The van der Waals surface area contributed by atoms with Crippen molar-refractivity contribution >= 4 is 38.6 Å². The monoisotopic (exact) mass is 613 g/mol. The minimum atomic E-state index is -0.0774. The van der Waals surface area contributed by atoms with Crippen LogP contribution in [0.4, 0.5) is 17.1 Å². The smallest absolute Gasteiger partial charge is 0.0468 e. The van der Waals surface area contributed by atoms with E-state index < -0.39 is 0 Å². The van der Waals surface area contributed by atoms with Crippen LogP contribution in [0.25, 0.3) is 54.9 Å². The summed E-state index contributed by atoms with van der Waals surface area (Å²) in [5.74, 6) is 0. The highest BCUT2D eigenvalue weighted by molar-refractivity contribution is 6.05. The van der Waals surface area contributed by atoms with Crippen molar-refractivity contribution in [2.75, 3.05) is 4.90 Å². The number of fused-ring (bicyclic) bond motifs is 6. The summed E-state index contributed by atoms with van der Waals surface area (Å²) in [7, 11) is 0. The third kappa shape index (κ3) is 4.54. The Labute approximate surface area is 282 Å². The molecule has 8 aromatic carbocycles. The largest absolute Gasteiger partial charge is 0.310 e. The Bertz CT molecular complexity index is 2470. The van der Waals surface area contributed by atoms with Gasteiger partial charge in [0.2, 0.25) is 0 Å². The first-order chi connectivity index (χ1) is 23.6. The third-order valence-electron chi connectivity index (χ3n) is 10.2. The Balaban J connectivity index is 1.19. The highest BCUT2D eigenvalue weighted by Crippen LogP contribution is 2.55. The molecule has 0 amide bonds. The van der Waals surface area contributed by atoms with Gasteiger partial charge in [0, 0.05) is 22.5 Å². The third-order valence-corrected chi connectivity index (χ3v) is 10.2. The van der Waals surface area contributed by atoms with E-state index in [2.05, 4.69) is 195 Å². The van der Waals surface area contributed by atoms with E-state index in [-0.39, 0.29) is 5.41 Å². The number of anilines is 3. The molecule has 0 bridgehead atoms. The fourth-order valence-corrected chi connectivity index (χ4v) is 7.90. The molecule has 9 rings (SSSR count). The summed E-state index contributed by atoms with van der Waals surface area (Å²) in [5.41, 5.74) is 13.8. The molecule has 0 unspecified atom stereocenters. The van der Waals surface area contributed by atoms with E-state index in [0.29, 0.717) is 0 Å². The summed E-state index contributed by atoms with van der Waals surface area (Å²) in [4.78, 5) is 2.36. The summed E-state index contributed by atoms with van der Waals surface area (Å²) < 4.78 is 0. The minimum Gasteiger partial charge on any atom is -0.310 e. The lowest BCUT2D eigenvalue weighted by molar-refractivity contribution is 0.666. The first-order valence-electron chi connectivity index (χ1n) is 16.8. The highest BCUT2D eigenvalue weighted by atomic mass is 15.1. The lowest BCUT2D eigenvalue weighted by Crippen LogP contribution is -2.15. The molecule has 1 aliphatic rings. The normalized spacial score (nSPS) is 13.0. The van der Waals surface area contributed by atoms with Crippen molar-refractivity contribution in [2.24, 2.45) is 0 Å². The Hall–Kier alpha value is -5.92. The molecule has 0 heterocycles. The van der Waals surface area contributed by atoms with E-state index in [9.17, 15) is 0 Å². The second kappa shape index (κ2) is 11.1. The highest BCUT2D eigenvalue weighted by Gasteiger charge is 2.38. The van der Waals surface area contributed by atoms with Gasteiger partial charge in [-0.25, -0.2) is 0 Å². The van der Waals surface area contributed by atoms with Crippen LogP contribution in [-0.2, 0) is 5.41 Å². The summed E-state index contributed by atoms with van der Waals surface area (Å²) in [5, 5.41) is 5.09. The molecular weight excluding hydrogens is 579 g/mol. The quantitative estimate of drug-likeness (QED) is 0.187. The molecule has 0 aliphatic heterocycles. The SMILES string of the molecule is CC1(C)c2ccccc2-c2c(-c3ccc4cc(N(c5ccccc5)c5cccc(-c6ccccc6)c5)ccc4c3)cc3ccccc3c21. The van der Waals surface area contributed by atoms with Gasteiger partial charge in [-0.2, -0.15) is 0 Å². The average molecular weight is 614 g/mol. The lowest BCUT2D eigenvalue weighted by atomic mass is 9.79. The fraction of sp³-hybridized carbons (Fsp3) is 0.0638. The van der Waals surface area contributed by atoms with Gasteiger partial charge in [-0.1, -0.05) is 141 Å². The zero-order valence-corrected chi connectivity index (χ0v) is 27.2. The Morgan fingerprint density at radius 1 is 0.396 bits per heavy atom. The zero-order chi connectivity index (χ0) is 32.2. The average Bonchev–Trinajstić information content (AvgIpc) is 3.39. The molecule has 0 fully saturated rings. The Morgan fingerprint density at radius 3 is 1.90 bits per heavy atom. The summed E-state index contributed by atoms with van der Waals surface area (Å²) >= 11 is 0. The molecular formula is C47H35N. The van der Waals surface area contributed by atoms with Gasteiger partial charge in [0.25, 0.3) is 0 Å². The number of benzene rings is 8. The van der Waals surface area contributed by atoms with E-state index in [1.165, 1.54) is 66.1 Å². The van der Waals surface area contributed by atoms with Gasteiger partial charge in [0.05, 0.1) is 0 Å². The first kappa shape index (κ1) is 28.3. The molecule has 228 valence electrons. The molecule has 1 heteroatoms. The molecule has 0 saturated carbocycles. The maximum absolute atomic E-state index is 2.40. The van der Waals surface area contributed by atoms with Crippen molar-refractivity contribution in [2.45, 2.75) is 19.3 Å². The summed E-state index contributed by atoms with van der Waals surface area (Å²) in [6, 6.07) is 64.2.